The first-order valence-electron chi connectivity index (χ1n) is 7.29. The lowest BCUT2D eigenvalue weighted by Crippen LogP contribution is -2.49. The van der Waals surface area contributed by atoms with E-state index in [1.807, 2.05) is 17.5 Å². The number of piperidine rings is 1. The molecular formula is C14H22N2O2S2. The molecule has 112 valence electrons. The maximum absolute atomic E-state index is 12.5. The minimum Gasteiger partial charge on any atom is -0.311 e. The van der Waals surface area contributed by atoms with E-state index in [2.05, 4.69) is 5.32 Å². The molecule has 1 aromatic heterocycles. The summed E-state index contributed by atoms with van der Waals surface area (Å²) < 4.78 is 26.6. The van der Waals surface area contributed by atoms with Crippen molar-refractivity contribution in [2.45, 2.75) is 50.2 Å². The Morgan fingerprint density at radius 2 is 2.05 bits per heavy atom. The van der Waals surface area contributed by atoms with Gasteiger partial charge >= 0.3 is 0 Å². The zero-order valence-corrected chi connectivity index (χ0v) is 13.4. The first kappa shape index (κ1) is 14.5. The van der Waals surface area contributed by atoms with Gasteiger partial charge in [-0.15, -0.1) is 11.3 Å². The van der Waals surface area contributed by atoms with Crippen molar-refractivity contribution >= 4 is 21.4 Å². The summed E-state index contributed by atoms with van der Waals surface area (Å²) in [5, 5.41) is 5.56. The van der Waals surface area contributed by atoms with Crippen LogP contribution in [0.3, 0.4) is 0 Å². The van der Waals surface area contributed by atoms with E-state index in [-0.39, 0.29) is 11.8 Å². The van der Waals surface area contributed by atoms with Gasteiger partial charge in [0.2, 0.25) is 10.0 Å². The fourth-order valence-corrected chi connectivity index (χ4v) is 5.61. The van der Waals surface area contributed by atoms with Gasteiger partial charge < -0.3 is 5.32 Å². The van der Waals surface area contributed by atoms with E-state index in [0.717, 1.165) is 17.7 Å². The van der Waals surface area contributed by atoms with Crippen molar-refractivity contribution in [3.05, 3.63) is 22.4 Å². The van der Waals surface area contributed by atoms with Crippen LogP contribution in [0.15, 0.2) is 17.5 Å². The lowest BCUT2D eigenvalue weighted by Gasteiger charge is -2.34. The van der Waals surface area contributed by atoms with Crippen LogP contribution in [0.2, 0.25) is 0 Å². The second kappa shape index (κ2) is 5.75. The predicted octanol–water partition coefficient (Wildman–Crippen LogP) is 1.84. The molecule has 2 saturated heterocycles. The van der Waals surface area contributed by atoms with Gasteiger partial charge in [-0.25, -0.2) is 12.7 Å². The molecule has 3 rings (SSSR count). The van der Waals surface area contributed by atoms with Crippen molar-refractivity contribution in [1.29, 1.82) is 0 Å². The molecule has 0 spiro atoms. The zero-order chi connectivity index (χ0) is 14.2. The van der Waals surface area contributed by atoms with Gasteiger partial charge in [-0.3, -0.25) is 0 Å². The standard InChI is InChI=1S/C14H22N2O2S2/c1-16(13-9-11-4-5-12(10-13)15-11)20(17,18)8-6-14-3-2-7-19-14/h2-3,7,11-13,15H,4-6,8-10H2,1H3. The van der Waals surface area contributed by atoms with Gasteiger partial charge in [0.1, 0.15) is 0 Å². The molecule has 2 aliphatic heterocycles. The van der Waals surface area contributed by atoms with Crippen LogP contribution in [0.5, 0.6) is 0 Å². The van der Waals surface area contributed by atoms with Crippen molar-refractivity contribution in [3.8, 4) is 0 Å². The highest BCUT2D eigenvalue weighted by atomic mass is 32.2. The molecule has 0 saturated carbocycles. The molecule has 20 heavy (non-hydrogen) atoms. The Morgan fingerprint density at radius 3 is 2.65 bits per heavy atom. The van der Waals surface area contributed by atoms with E-state index in [1.54, 1.807) is 22.7 Å². The summed E-state index contributed by atoms with van der Waals surface area (Å²) in [4.78, 5) is 1.15. The molecule has 0 aromatic carbocycles. The van der Waals surface area contributed by atoms with Crippen LogP contribution in [0.1, 0.15) is 30.6 Å². The summed E-state index contributed by atoms with van der Waals surface area (Å²) in [5.74, 6) is 0.225. The molecule has 3 heterocycles. The largest absolute Gasteiger partial charge is 0.311 e. The fourth-order valence-electron chi connectivity index (χ4n) is 3.38. The first-order chi connectivity index (χ1) is 9.54. The number of nitrogens with one attached hydrogen (secondary N) is 1. The molecule has 2 fully saturated rings. The molecule has 0 aliphatic carbocycles. The summed E-state index contributed by atoms with van der Waals surface area (Å²) in [5.41, 5.74) is 0. The third-order valence-corrected chi connectivity index (χ3v) is 7.42. The number of fused-ring (bicyclic) bond motifs is 2. The van der Waals surface area contributed by atoms with Gasteiger partial charge in [0, 0.05) is 30.1 Å². The maximum atomic E-state index is 12.5. The summed E-state index contributed by atoms with van der Waals surface area (Å²) in [6.45, 7) is 0. The average Bonchev–Trinajstić information content (AvgIpc) is 3.05. The molecule has 1 aromatic rings. The van der Waals surface area contributed by atoms with E-state index >= 15 is 0 Å². The summed E-state index contributed by atoms with van der Waals surface area (Å²) in [6.07, 6.45) is 4.95. The van der Waals surface area contributed by atoms with Gasteiger partial charge in [-0.1, -0.05) is 6.07 Å². The van der Waals surface area contributed by atoms with Gasteiger partial charge in [0.25, 0.3) is 0 Å². The Bertz CT molecular complexity index is 530. The van der Waals surface area contributed by atoms with E-state index in [9.17, 15) is 8.42 Å². The van der Waals surface area contributed by atoms with Crippen molar-refractivity contribution in [1.82, 2.24) is 9.62 Å². The Labute approximate surface area is 125 Å². The minimum absolute atomic E-state index is 0.182. The monoisotopic (exact) mass is 314 g/mol. The number of aryl methyl sites for hydroxylation is 1. The van der Waals surface area contributed by atoms with Gasteiger partial charge in [-0.2, -0.15) is 0 Å². The molecule has 2 bridgehead atoms. The number of nitrogens with zero attached hydrogens (tertiary/aromatic N) is 1. The smallest absolute Gasteiger partial charge is 0.214 e. The second-order valence-electron chi connectivity index (χ2n) is 5.92. The van der Waals surface area contributed by atoms with E-state index in [4.69, 9.17) is 0 Å². The van der Waals surface area contributed by atoms with Crippen LogP contribution in [-0.2, 0) is 16.4 Å². The van der Waals surface area contributed by atoms with Crippen LogP contribution in [0.4, 0.5) is 0 Å². The van der Waals surface area contributed by atoms with Gasteiger partial charge in [-0.05, 0) is 43.6 Å². The van der Waals surface area contributed by atoms with Crippen LogP contribution in [0, 0.1) is 0 Å². The molecule has 2 atom stereocenters. The Kier molecular flexibility index (Phi) is 4.17. The SMILES string of the molecule is CN(C1CC2CCC(C1)N2)S(=O)(=O)CCc1cccs1. The van der Waals surface area contributed by atoms with E-state index < -0.39 is 10.0 Å². The second-order valence-corrected chi connectivity index (χ2v) is 9.10. The highest BCUT2D eigenvalue weighted by Crippen LogP contribution is 2.30. The molecule has 1 N–H and O–H groups in total. The number of rotatable bonds is 5. The number of hydrogen-bond donors (Lipinski definition) is 1. The van der Waals surface area contributed by atoms with Gasteiger partial charge in [0.05, 0.1) is 5.75 Å². The lowest BCUT2D eigenvalue weighted by atomic mass is 10.0. The lowest BCUT2D eigenvalue weighted by molar-refractivity contribution is 0.251. The Morgan fingerprint density at radius 1 is 1.35 bits per heavy atom. The molecular weight excluding hydrogens is 292 g/mol. The van der Waals surface area contributed by atoms with Crippen molar-refractivity contribution in [2.75, 3.05) is 12.8 Å². The maximum Gasteiger partial charge on any atom is 0.214 e. The molecule has 0 amide bonds. The summed E-state index contributed by atoms with van der Waals surface area (Å²) in [6, 6.07) is 5.20. The molecule has 2 unspecified atom stereocenters. The average molecular weight is 314 g/mol. The van der Waals surface area contributed by atoms with Crippen molar-refractivity contribution in [2.24, 2.45) is 0 Å². The van der Waals surface area contributed by atoms with Crippen molar-refractivity contribution < 1.29 is 8.42 Å². The number of hydrogen-bond acceptors (Lipinski definition) is 4. The third-order valence-electron chi connectivity index (χ3n) is 4.59. The number of thiophene rings is 1. The Hall–Kier alpha value is -0.430. The van der Waals surface area contributed by atoms with E-state index in [0.29, 0.717) is 18.5 Å². The van der Waals surface area contributed by atoms with Gasteiger partial charge in [0.15, 0.2) is 0 Å². The predicted molar refractivity (Wildman–Crippen MR) is 82.5 cm³/mol. The highest BCUT2D eigenvalue weighted by molar-refractivity contribution is 7.89. The normalized spacial score (nSPS) is 30.0. The first-order valence-corrected chi connectivity index (χ1v) is 9.77. The highest BCUT2D eigenvalue weighted by Gasteiger charge is 2.38. The van der Waals surface area contributed by atoms with Crippen LogP contribution >= 0.6 is 11.3 Å². The minimum atomic E-state index is -3.14. The Balaban J connectivity index is 1.61. The molecule has 0 radical (unpaired) electrons. The van der Waals surface area contributed by atoms with E-state index in [1.165, 1.54) is 12.8 Å². The van der Waals surface area contributed by atoms with Crippen LogP contribution < -0.4 is 5.32 Å². The van der Waals surface area contributed by atoms with Crippen LogP contribution in [-0.4, -0.2) is 43.6 Å². The quantitative estimate of drug-likeness (QED) is 0.902. The summed E-state index contributed by atoms with van der Waals surface area (Å²) in [7, 11) is -1.38. The molecule has 6 heteroatoms. The third kappa shape index (κ3) is 3.08. The molecule has 4 nitrogen and oxygen atoms in total. The zero-order valence-electron chi connectivity index (χ0n) is 11.8. The van der Waals surface area contributed by atoms with Crippen molar-refractivity contribution in [3.63, 3.8) is 0 Å². The molecule has 2 aliphatic rings. The van der Waals surface area contributed by atoms with Crippen LogP contribution in [0.25, 0.3) is 0 Å². The number of sulfonamides is 1. The summed E-state index contributed by atoms with van der Waals surface area (Å²) >= 11 is 1.63. The fraction of sp³-hybridized carbons (Fsp3) is 0.714. The topological polar surface area (TPSA) is 49.4 Å².